The Bertz CT molecular complexity index is 938. The molecule has 0 radical (unpaired) electrons. The fourth-order valence-corrected chi connectivity index (χ4v) is 2.51. The Morgan fingerprint density at radius 1 is 0.885 bits per heavy atom. The molecule has 3 aromatic rings. The molecule has 136 valence electrons. The van der Waals surface area contributed by atoms with Crippen LogP contribution in [0.2, 0.25) is 5.02 Å². The van der Waals surface area contributed by atoms with Gasteiger partial charge in [0.2, 0.25) is 0 Å². The zero-order chi connectivity index (χ0) is 17.3. The van der Waals surface area contributed by atoms with E-state index in [0.717, 1.165) is 5.56 Å². The fourth-order valence-electron chi connectivity index (χ4n) is 2.24. The minimum Gasteiger partial charge on any atom is -0.384 e. The quantitative estimate of drug-likeness (QED) is 0.380. The van der Waals surface area contributed by atoms with Gasteiger partial charge in [-0.15, -0.1) is 24.8 Å². The number of nitrogen functional groups attached to an aromatic ring is 2. The number of nitrogens with one attached hydrogen (secondary N) is 2. The van der Waals surface area contributed by atoms with Crippen LogP contribution >= 0.6 is 36.4 Å². The first kappa shape index (κ1) is 21.5. The molecule has 1 aromatic heterocycles. The molecule has 26 heavy (non-hydrogen) atoms. The third-order valence-corrected chi connectivity index (χ3v) is 3.86. The Kier molecular flexibility index (Phi) is 7.20. The zero-order valence-corrected chi connectivity index (χ0v) is 15.7. The summed E-state index contributed by atoms with van der Waals surface area (Å²) in [5.41, 5.74) is 14.2. The Morgan fingerprint density at radius 3 is 2.00 bits per heavy atom. The average molecular weight is 413 g/mol. The first-order chi connectivity index (χ1) is 11.5. The van der Waals surface area contributed by atoms with Crippen LogP contribution in [0.1, 0.15) is 11.1 Å². The molecule has 0 unspecified atom stereocenters. The summed E-state index contributed by atoms with van der Waals surface area (Å²) in [4.78, 5) is 0. The van der Waals surface area contributed by atoms with E-state index in [-0.39, 0.29) is 36.5 Å². The molecule has 0 aliphatic heterocycles. The SMILES string of the molecule is Cl.Cl.N=C(N)c1ccc(-c2cc(-c3ccc(C(=N)N)cc3Cl)on2)cc1. The van der Waals surface area contributed by atoms with Crippen molar-refractivity contribution in [1.82, 2.24) is 5.16 Å². The summed E-state index contributed by atoms with van der Waals surface area (Å²) in [6.45, 7) is 0. The molecule has 0 saturated heterocycles. The molecule has 6 nitrogen and oxygen atoms in total. The van der Waals surface area contributed by atoms with Gasteiger partial charge in [0.25, 0.3) is 0 Å². The second-order valence-electron chi connectivity index (χ2n) is 5.18. The van der Waals surface area contributed by atoms with Crippen molar-refractivity contribution < 1.29 is 4.52 Å². The summed E-state index contributed by atoms with van der Waals surface area (Å²) < 4.78 is 5.38. The molecule has 1 heterocycles. The molecule has 0 atom stereocenters. The van der Waals surface area contributed by atoms with Crippen LogP contribution in [0.15, 0.2) is 53.1 Å². The van der Waals surface area contributed by atoms with E-state index in [1.54, 1.807) is 36.4 Å². The number of nitrogens with zero attached hydrogens (tertiary/aromatic N) is 1. The number of rotatable bonds is 4. The molecule has 2 aromatic carbocycles. The zero-order valence-electron chi connectivity index (χ0n) is 13.3. The summed E-state index contributed by atoms with van der Waals surface area (Å²) >= 11 is 6.24. The van der Waals surface area contributed by atoms with Gasteiger partial charge in [-0.25, -0.2) is 0 Å². The summed E-state index contributed by atoms with van der Waals surface area (Å²) in [7, 11) is 0. The smallest absolute Gasteiger partial charge is 0.168 e. The van der Waals surface area contributed by atoms with Gasteiger partial charge in [-0.1, -0.05) is 47.1 Å². The summed E-state index contributed by atoms with van der Waals surface area (Å²) in [5, 5.41) is 19.3. The fraction of sp³-hybridized carbons (Fsp3) is 0. The monoisotopic (exact) mass is 411 g/mol. The van der Waals surface area contributed by atoms with Gasteiger partial charge in [0.05, 0.1) is 5.02 Å². The highest BCUT2D eigenvalue weighted by Gasteiger charge is 2.13. The van der Waals surface area contributed by atoms with Gasteiger partial charge in [0.1, 0.15) is 17.4 Å². The van der Waals surface area contributed by atoms with Gasteiger partial charge in [-0.2, -0.15) is 0 Å². The van der Waals surface area contributed by atoms with E-state index in [9.17, 15) is 0 Å². The molecule has 0 bridgehead atoms. The average Bonchev–Trinajstić information content (AvgIpc) is 3.04. The van der Waals surface area contributed by atoms with E-state index in [1.165, 1.54) is 0 Å². The predicted octanol–water partition coefficient (Wildman–Crippen LogP) is 4.07. The Hall–Kier alpha value is -2.54. The Labute approximate surface area is 167 Å². The lowest BCUT2D eigenvalue weighted by atomic mass is 10.1. The molecule has 0 aliphatic rings. The van der Waals surface area contributed by atoms with Crippen molar-refractivity contribution in [1.29, 1.82) is 10.8 Å². The minimum absolute atomic E-state index is 0. The highest BCUT2D eigenvalue weighted by atomic mass is 35.5. The van der Waals surface area contributed by atoms with Crippen LogP contribution in [-0.2, 0) is 0 Å². The van der Waals surface area contributed by atoms with Crippen LogP contribution in [0.3, 0.4) is 0 Å². The number of amidine groups is 2. The van der Waals surface area contributed by atoms with Crippen LogP contribution in [-0.4, -0.2) is 16.8 Å². The number of halogens is 3. The molecule has 6 N–H and O–H groups in total. The second-order valence-corrected chi connectivity index (χ2v) is 5.58. The van der Waals surface area contributed by atoms with Crippen LogP contribution in [0.25, 0.3) is 22.6 Å². The van der Waals surface area contributed by atoms with E-state index >= 15 is 0 Å². The van der Waals surface area contributed by atoms with Crippen LogP contribution in [0.5, 0.6) is 0 Å². The van der Waals surface area contributed by atoms with E-state index in [1.807, 2.05) is 12.1 Å². The largest absolute Gasteiger partial charge is 0.384 e. The van der Waals surface area contributed by atoms with Crippen molar-refractivity contribution in [3.63, 3.8) is 0 Å². The van der Waals surface area contributed by atoms with Crippen molar-refractivity contribution >= 4 is 48.1 Å². The Balaban J connectivity index is 0.00000169. The molecule has 3 rings (SSSR count). The molecular formula is C17H16Cl3N5O. The summed E-state index contributed by atoms with van der Waals surface area (Å²) in [5.74, 6) is 0.479. The maximum absolute atomic E-state index is 7.43. The number of nitrogens with two attached hydrogens (primary N) is 2. The lowest BCUT2D eigenvalue weighted by molar-refractivity contribution is 0.435. The van der Waals surface area contributed by atoms with Crippen molar-refractivity contribution in [3.8, 4) is 22.6 Å². The lowest BCUT2D eigenvalue weighted by Gasteiger charge is -2.03. The van der Waals surface area contributed by atoms with E-state index in [2.05, 4.69) is 5.16 Å². The maximum Gasteiger partial charge on any atom is 0.168 e. The second kappa shape index (κ2) is 8.71. The molecule has 0 aliphatic carbocycles. The molecule has 0 fully saturated rings. The molecule has 9 heteroatoms. The van der Waals surface area contributed by atoms with Crippen molar-refractivity contribution in [3.05, 3.63) is 64.7 Å². The number of hydrogen-bond donors (Lipinski definition) is 4. The molecule has 0 spiro atoms. The maximum atomic E-state index is 7.43. The van der Waals surface area contributed by atoms with Gasteiger partial charge >= 0.3 is 0 Å². The van der Waals surface area contributed by atoms with Crippen molar-refractivity contribution in [2.24, 2.45) is 11.5 Å². The highest BCUT2D eigenvalue weighted by Crippen LogP contribution is 2.31. The van der Waals surface area contributed by atoms with E-state index in [0.29, 0.717) is 33.2 Å². The van der Waals surface area contributed by atoms with Crippen LogP contribution in [0.4, 0.5) is 0 Å². The highest BCUT2D eigenvalue weighted by molar-refractivity contribution is 6.33. The number of benzene rings is 2. The van der Waals surface area contributed by atoms with Crippen LogP contribution < -0.4 is 11.5 Å². The van der Waals surface area contributed by atoms with Crippen molar-refractivity contribution in [2.75, 3.05) is 0 Å². The third-order valence-electron chi connectivity index (χ3n) is 3.55. The van der Waals surface area contributed by atoms with Crippen molar-refractivity contribution in [2.45, 2.75) is 0 Å². The summed E-state index contributed by atoms with van der Waals surface area (Å²) in [6.07, 6.45) is 0. The predicted molar refractivity (Wildman–Crippen MR) is 109 cm³/mol. The summed E-state index contributed by atoms with van der Waals surface area (Å²) in [6, 6.07) is 14.0. The van der Waals surface area contributed by atoms with E-state index < -0.39 is 0 Å². The van der Waals surface area contributed by atoms with E-state index in [4.69, 9.17) is 38.4 Å². The normalized spacial score (nSPS) is 9.73. The minimum atomic E-state index is -0.0488. The molecular weight excluding hydrogens is 397 g/mol. The topological polar surface area (TPSA) is 126 Å². The first-order valence-corrected chi connectivity index (χ1v) is 7.39. The number of aromatic nitrogens is 1. The third kappa shape index (κ3) is 4.35. The molecule has 0 amide bonds. The standard InChI is InChI=1S/C17H14ClN5O.2ClH/c18-13-7-11(17(21)22)5-6-12(13)15-8-14(23-24-15)9-1-3-10(4-2-9)16(19)20;;/h1-8H,(H3,19,20)(H3,21,22);2*1H. The van der Waals surface area contributed by atoms with Gasteiger partial charge < -0.3 is 16.0 Å². The van der Waals surface area contributed by atoms with Gasteiger partial charge in [0, 0.05) is 28.3 Å². The van der Waals surface area contributed by atoms with Crippen LogP contribution in [0, 0.1) is 10.8 Å². The number of hydrogen-bond acceptors (Lipinski definition) is 4. The van der Waals surface area contributed by atoms with Gasteiger partial charge in [-0.05, 0) is 12.1 Å². The molecule has 0 saturated carbocycles. The Morgan fingerprint density at radius 2 is 1.46 bits per heavy atom. The van der Waals surface area contributed by atoms with Gasteiger partial charge in [-0.3, -0.25) is 10.8 Å². The van der Waals surface area contributed by atoms with Gasteiger partial charge in [0.15, 0.2) is 5.76 Å². The lowest BCUT2D eigenvalue weighted by Crippen LogP contribution is -2.10. The first-order valence-electron chi connectivity index (χ1n) is 7.01.